The lowest BCUT2D eigenvalue weighted by Gasteiger charge is -2.36. The number of amides is 4. The zero-order valence-electron chi connectivity index (χ0n) is 33.3. The molecule has 5 aliphatic rings. The molecule has 0 unspecified atom stereocenters. The Morgan fingerprint density at radius 1 is 1.02 bits per heavy atom. The van der Waals surface area contributed by atoms with Crippen LogP contribution < -0.4 is 24.8 Å². The summed E-state index contributed by atoms with van der Waals surface area (Å²) in [4.78, 5) is 68.0. The molecule has 2 bridgehead atoms. The molecule has 2 aromatic rings. The number of benzene rings is 1. The van der Waals surface area contributed by atoms with Gasteiger partial charge in [-0.15, -0.1) is 0 Å². The van der Waals surface area contributed by atoms with Gasteiger partial charge in [0, 0.05) is 12.0 Å². The van der Waals surface area contributed by atoms with E-state index in [-0.39, 0.29) is 30.9 Å². The number of ether oxygens (including phenoxy) is 3. The summed E-state index contributed by atoms with van der Waals surface area (Å²) in [5.41, 5.74) is -0.310. The molecule has 8 atom stereocenters. The predicted octanol–water partition coefficient (Wildman–Crippen LogP) is 4.16. The average molecular weight is 797 g/mol. The fraction of sp³-hybridized carbons (Fsp3) is 0.700. The number of aromatic nitrogens is 2. The maximum Gasteiger partial charge on any atom is 0.408 e. The Balaban J connectivity index is 1.26. The number of fused-ring (bicyclic) bond motifs is 5. The summed E-state index contributed by atoms with van der Waals surface area (Å²) in [6.45, 7) is 9.26. The summed E-state index contributed by atoms with van der Waals surface area (Å²) in [6.07, 6.45) is 5.53. The Labute approximate surface area is 328 Å². The van der Waals surface area contributed by atoms with E-state index in [1.165, 1.54) is 4.90 Å². The van der Waals surface area contributed by atoms with Crippen LogP contribution in [0.25, 0.3) is 11.0 Å². The minimum absolute atomic E-state index is 0.0207. The number of hydrogen-bond acceptors (Lipinski definition) is 11. The van der Waals surface area contributed by atoms with E-state index in [0.717, 1.165) is 32.1 Å². The first-order valence-electron chi connectivity index (χ1n) is 20.3. The lowest BCUT2D eigenvalue weighted by molar-refractivity contribution is -0.143. The molecule has 1 saturated heterocycles. The van der Waals surface area contributed by atoms with Crippen molar-refractivity contribution < 1.29 is 41.8 Å². The largest absolute Gasteiger partial charge is 0.497 e. The molecule has 16 heteroatoms. The summed E-state index contributed by atoms with van der Waals surface area (Å²) in [6, 6.07) is 3.27. The number of carbonyl (C=O) groups is 4. The molecule has 4 amide bonds. The molecule has 3 aliphatic carbocycles. The predicted molar refractivity (Wildman–Crippen MR) is 206 cm³/mol. The lowest BCUT2D eigenvalue weighted by atomic mass is 9.85. The molecular weight excluding hydrogens is 741 g/mol. The zero-order chi connectivity index (χ0) is 40.2. The van der Waals surface area contributed by atoms with Crippen molar-refractivity contribution in [3.8, 4) is 11.6 Å². The van der Waals surface area contributed by atoms with Crippen molar-refractivity contribution in [2.45, 2.75) is 140 Å². The fourth-order valence-electron chi connectivity index (χ4n) is 8.57. The quantitative estimate of drug-likeness (QED) is 0.347. The minimum Gasteiger partial charge on any atom is -0.497 e. The Morgan fingerprint density at radius 3 is 2.45 bits per heavy atom. The van der Waals surface area contributed by atoms with E-state index in [1.807, 2.05) is 46.8 Å². The first kappa shape index (κ1) is 40.0. The topological polar surface area (TPSA) is 195 Å². The van der Waals surface area contributed by atoms with Gasteiger partial charge in [0.05, 0.1) is 29.9 Å². The van der Waals surface area contributed by atoms with Gasteiger partial charge < -0.3 is 29.7 Å². The second kappa shape index (κ2) is 15.3. The highest BCUT2D eigenvalue weighted by atomic mass is 32.2. The molecule has 0 radical (unpaired) electrons. The molecule has 0 spiro atoms. The van der Waals surface area contributed by atoms with Crippen molar-refractivity contribution >= 4 is 44.9 Å². The zero-order valence-corrected chi connectivity index (χ0v) is 34.1. The Hall–Kier alpha value is -4.21. The van der Waals surface area contributed by atoms with E-state index >= 15 is 0 Å². The van der Waals surface area contributed by atoms with Crippen molar-refractivity contribution in [2.24, 2.45) is 23.2 Å². The van der Waals surface area contributed by atoms with Gasteiger partial charge in [0.15, 0.2) is 0 Å². The van der Waals surface area contributed by atoms with Crippen LogP contribution in [0.5, 0.6) is 11.6 Å². The van der Waals surface area contributed by atoms with Gasteiger partial charge in [-0.3, -0.25) is 19.1 Å². The molecule has 1 aromatic carbocycles. The Bertz CT molecular complexity index is 1980. The molecule has 7 rings (SSSR count). The van der Waals surface area contributed by atoms with E-state index in [4.69, 9.17) is 24.2 Å². The monoisotopic (exact) mass is 796 g/mol. The molecular formula is C40H56N6O9S. The van der Waals surface area contributed by atoms with Gasteiger partial charge in [0.25, 0.3) is 5.91 Å². The second-order valence-electron chi connectivity index (χ2n) is 17.4. The van der Waals surface area contributed by atoms with Crippen molar-refractivity contribution in [1.82, 2.24) is 30.2 Å². The van der Waals surface area contributed by atoms with Crippen molar-refractivity contribution in [2.75, 3.05) is 13.7 Å². The molecule has 2 aliphatic heterocycles. The smallest absolute Gasteiger partial charge is 0.408 e. The summed E-state index contributed by atoms with van der Waals surface area (Å²) in [5, 5.41) is 5.16. The van der Waals surface area contributed by atoms with Crippen LogP contribution in [0.1, 0.15) is 105 Å². The highest BCUT2D eigenvalue weighted by Crippen LogP contribution is 2.47. The first-order valence-corrected chi connectivity index (χ1v) is 21.8. The van der Waals surface area contributed by atoms with E-state index in [2.05, 4.69) is 15.4 Å². The molecule has 56 heavy (non-hydrogen) atoms. The van der Waals surface area contributed by atoms with Crippen LogP contribution >= 0.6 is 0 Å². The van der Waals surface area contributed by atoms with Crippen LogP contribution in [0, 0.1) is 23.2 Å². The number of rotatable bonds is 8. The van der Waals surface area contributed by atoms with Crippen molar-refractivity contribution in [3.63, 3.8) is 0 Å². The summed E-state index contributed by atoms with van der Waals surface area (Å²) in [7, 11) is -2.30. The van der Waals surface area contributed by atoms with Gasteiger partial charge in [-0.2, -0.15) is 0 Å². The van der Waals surface area contributed by atoms with Gasteiger partial charge in [-0.05, 0) is 80.8 Å². The SMILES string of the molecule is CC[C@@H]1[C@@H]2CN(C(=O)[C@H](C(C)(C)C)NC(=O)O[C@@H]3C[C@H]3CCCCCc3nc4ccc(OC)cc4nc3O2)[C@@H]1C(=O)N[C@]1(C(=O)NS(=O)(=O)C2CC2)C[C@H]1CC. The van der Waals surface area contributed by atoms with E-state index in [0.29, 0.717) is 60.5 Å². The third-order valence-corrected chi connectivity index (χ3v) is 14.1. The average Bonchev–Trinajstić information content (AvgIpc) is 4.07. The third-order valence-electron chi connectivity index (χ3n) is 12.3. The van der Waals surface area contributed by atoms with E-state index < -0.39 is 74.1 Å². The van der Waals surface area contributed by atoms with E-state index in [9.17, 15) is 27.6 Å². The van der Waals surface area contributed by atoms with Gasteiger partial charge in [0.1, 0.15) is 41.3 Å². The van der Waals surface area contributed by atoms with Crippen LogP contribution in [0.15, 0.2) is 18.2 Å². The van der Waals surface area contributed by atoms with Crippen molar-refractivity contribution in [1.29, 1.82) is 0 Å². The highest BCUT2D eigenvalue weighted by Gasteiger charge is 2.63. The Kier molecular flexibility index (Phi) is 10.9. The fourth-order valence-corrected chi connectivity index (χ4v) is 9.93. The molecule has 4 fully saturated rings. The van der Waals surface area contributed by atoms with Gasteiger partial charge >= 0.3 is 6.09 Å². The number of methoxy groups -OCH3 is 1. The molecule has 3 saturated carbocycles. The molecule has 3 N–H and O–H groups in total. The van der Waals surface area contributed by atoms with Crippen LogP contribution in [-0.4, -0.2) is 95.8 Å². The number of sulfonamides is 1. The number of nitrogens with zero attached hydrogens (tertiary/aromatic N) is 3. The molecule has 15 nitrogen and oxygen atoms in total. The number of hydrogen-bond donors (Lipinski definition) is 3. The maximum atomic E-state index is 14.9. The minimum atomic E-state index is -3.88. The summed E-state index contributed by atoms with van der Waals surface area (Å²) >= 11 is 0. The van der Waals surface area contributed by atoms with Gasteiger partial charge in [-0.25, -0.2) is 23.2 Å². The van der Waals surface area contributed by atoms with Gasteiger partial charge in [-0.1, -0.05) is 53.9 Å². The highest BCUT2D eigenvalue weighted by molar-refractivity contribution is 7.91. The summed E-state index contributed by atoms with van der Waals surface area (Å²) in [5.74, 6) is -1.55. The maximum absolute atomic E-state index is 14.9. The third kappa shape index (κ3) is 8.12. The van der Waals surface area contributed by atoms with Crippen LogP contribution in [0.4, 0.5) is 4.79 Å². The number of aryl methyl sites for hydroxylation is 1. The first-order chi connectivity index (χ1) is 26.6. The number of carbonyl (C=O) groups excluding carboxylic acids is 4. The normalized spacial score (nSPS) is 31.0. The lowest BCUT2D eigenvalue weighted by Crippen LogP contribution is -2.61. The standard InChI is InChI=1S/C40H56N6O9S/c1-7-23-20-40(23,37(49)45-56(51,52)25-15-16-25)44-34(47)32-26(8-2)31-21-46(32)36(48)33(39(3,4)5)43-38(50)55-30-18-22(30)12-10-9-11-13-28-35(54-31)42-29-19-24(53-6)14-17-27(29)41-28/h14,17,19,22-23,25-26,30-33H,7-13,15-16,18,20-21H2,1-6H3,(H,43,50)(H,44,47)(H,45,49)/t22-,23-,26-,30-,31+,32+,33-,40-/m1/s1. The van der Waals surface area contributed by atoms with Crippen LogP contribution in [-0.2, 0) is 35.6 Å². The molecule has 3 heterocycles. The number of nitrogens with one attached hydrogen (secondary N) is 3. The number of alkyl carbamates (subject to hydrolysis) is 1. The summed E-state index contributed by atoms with van der Waals surface area (Å²) < 4.78 is 46.0. The van der Waals surface area contributed by atoms with Crippen molar-refractivity contribution in [3.05, 3.63) is 23.9 Å². The van der Waals surface area contributed by atoms with E-state index in [1.54, 1.807) is 13.2 Å². The molecule has 1 aromatic heterocycles. The second-order valence-corrected chi connectivity index (χ2v) is 19.4. The molecule has 306 valence electrons. The van der Waals surface area contributed by atoms with Crippen LogP contribution in [0.2, 0.25) is 0 Å². The van der Waals surface area contributed by atoms with Gasteiger partial charge in [0.2, 0.25) is 27.7 Å². The Morgan fingerprint density at radius 2 is 1.79 bits per heavy atom. The van der Waals surface area contributed by atoms with Crippen LogP contribution in [0.3, 0.4) is 0 Å².